The maximum Gasteiger partial charge on any atom is 0.319 e. The second-order valence-corrected chi connectivity index (χ2v) is 9.20. The number of anilines is 1. The molecule has 0 radical (unpaired) electrons. The van der Waals surface area contributed by atoms with Crippen LogP contribution in [-0.4, -0.2) is 49.7 Å². The Kier molecular flexibility index (Phi) is 7.44. The summed E-state index contributed by atoms with van der Waals surface area (Å²) in [5, 5.41) is 5.04. The number of hydrogen-bond donors (Lipinski definition) is 4. The smallest absolute Gasteiger partial charge is 0.319 e. The fraction of sp³-hybridized carbons (Fsp3) is 0.286. The summed E-state index contributed by atoms with van der Waals surface area (Å²) in [5.41, 5.74) is 5.22. The summed E-state index contributed by atoms with van der Waals surface area (Å²) in [6.07, 6.45) is 1.67. The lowest BCUT2D eigenvalue weighted by Gasteiger charge is -2.16. The summed E-state index contributed by atoms with van der Waals surface area (Å²) >= 11 is 0. The van der Waals surface area contributed by atoms with Crippen LogP contribution in [-0.2, 0) is 14.8 Å². The van der Waals surface area contributed by atoms with Crippen LogP contribution in [0.3, 0.4) is 0 Å². The zero-order chi connectivity index (χ0) is 23.1. The highest BCUT2D eigenvalue weighted by molar-refractivity contribution is 7.89. The van der Waals surface area contributed by atoms with Crippen LogP contribution in [0.4, 0.5) is 10.5 Å². The molecule has 1 aliphatic heterocycles. The number of rotatable bonds is 6. The minimum Gasteiger partial charge on any atom is -0.326 e. The zero-order valence-electron chi connectivity index (χ0n) is 17.5. The first kappa shape index (κ1) is 23.2. The van der Waals surface area contributed by atoms with Crippen molar-refractivity contribution in [3.05, 3.63) is 60.2 Å². The van der Waals surface area contributed by atoms with Gasteiger partial charge in [0.2, 0.25) is 10.0 Å². The molecular formula is C21H25N5O5S. The number of amides is 4. The lowest BCUT2D eigenvalue weighted by molar-refractivity contribution is -0.123. The van der Waals surface area contributed by atoms with E-state index in [2.05, 4.69) is 21.5 Å². The molecule has 1 saturated heterocycles. The number of benzene rings is 2. The number of carbonyl (C=O) groups is 3. The van der Waals surface area contributed by atoms with Crippen LogP contribution < -0.4 is 21.5 Å². The minimum absolute atomic E-state index is 0.113. The molecule has 4 N–H and O–H groups in total. The van der Waals surface area contributed by atoms with Crippen molar-refractivity contribution in [1.29, 1.82) is 0 Å². The lowest BCUT2D eigenvalue weighted by Crippen LogP contribution is -2.51. The van der Waals surface area contributed by atoms with Gasteiger partial charge >= 0.3 is 6.03 Å². The molecule has 11 heteroatoms. The molecule has 0 aliphatic carbocycles. The van der Waals surface area contributed by atoms with E-state index in [4.69, 9.17) is 0 Å². The largest absolute Gasteiger partial charge is 0.326 e. The van der Waals surface area contributed by atoms with E-state index in [0.29, 0.717) is 18.8 Å². The van der Waals surface area contributed by atoms with Crippen LogP contribution in [0.1, 0.15) is 30.1 Å². The molecule has 4 amide bonds. The Balaban J connectivity index is 1.49. The van der Waals surface area contributed by atoms with Crippen molar-refractivity contribution < 1.29 is 22.8 Å². The molecule has 1 fully saturated rings. The van der Waals surface area contributed by atoms with Crippen molar-refractivity contribution in [2.45, 2.75) is 30.7 Å². The van der Waals surface area contributed by atoms with E-state index < -0.39 is 33.9 Å². The van der Waals surface area contributed by atoms with Crippen molar-refractivity contribution in [2.24, 2.45) is 0 Å². The maximum atomic E-state index is 12.5. The number of nitrogens with zero attached hydrogens (tertiary/aromatic N) is 1. The predicted molar refractivity (Wildman–Crippen MR) is 118 cm³/mol. The van der Waals surface area contributed by atoms with E-state index in [1.54, 1.807) is 24.3 Å². The van der Waals surface area contributed by atoms with Gasteiger partial charge in [-0.05, 0) is 56.2 Å². The summed E-state index contributed by atoms with van der Waals surface area (Å²) < 4.78 is 26.5. The molecule has 10 nitrogen and oxygen atoms in total. The van der Waals surface area contributed by atoms with E-state index in [1.807, 2.05) is 6.07 Å². The molecule has 0 saturated carbocycles. The average molecular weight is 460 g/mol. The molecule has 0 aromatic heterocycles. The first-order chi connectivity index (χ1) is 15.3. The second kappa shape index (κ2) is 10.2. The Bertz CT molecular complexity index is 1070. The SMILES string of the molecule is CC(NC(=O)Nc1ccccc1)C(=O)NNC(=O)c1ccc(S(=O)(=O)N2CCCC2)cc1. The van der Waals surface area contributed by atoms with Gasteiger partial charge in [0.15, 0.2) is 0 Å². The quantitative estimate of drug-likeness (QED) is 0.485. The number of para-hydroxylation sites is 1. The first-order valence-electron chi connectivity index (χ1n) is 10.1. The highest BCUT2D eigenvalue weighted by Crippen LogP contribution is 2.21. The topological polar surface area (TPSA) is 137 Å². The van der Waals surface area contributed by atoms with E-state index >= 15 is 0 Å². The van der Waals surface area contributed by atoms with E-state index in [9.17, 15) is 22.8 Å². The molecule has 0 bridgehead atoms. The van der Waals surface area contributed by atoms with Crippen molar-refractivity contribution in [3.63, 3.8) is 0 Å². The normalized spacial score (nSPS) is 14.9. The summed E-state index contributed by atoms with van der Waals surface area (Å²) in [5.74, 6) is -1.25. The summed E-state index contributed by atoms with van der Waals surface area (Å²) in [7, 11) is -3.57. The fourth-order valence-corrected chi connectivity index (χ4v) is 4.62. The molecule has 2 aromatic rings. The molecule has 1 unspecified atom stereocenters. The van der Waals surface area contributed by atoms with Crippen molar-refractivity contribution >= 4 is 33.6 Å². The molecule has 1 heterocycles. The van der Waals surface area contributed by atoms with Crippen LogP contribution in [0.25, 0.3) is 0 Å². The van der Waals surface area contributed by atoms with Gasteiger partial charge in [-0.3, -0.25) is 20.4 Å². The van der Waals surface area contributed by atoms with E-state index in [-0.39, 0.29) is 10.5 Å². The standard InChI is InChI=1S/C21H25N5O5S/c1-15(22-21(29)23-17-7-3-2-4-8-17)19(27)24-25-20(28)16-9-11-18(12-10-16)32(30,31)26-13-5-6-14-26/h2-4,7-12,15H,5-6,13-14H2,1H3,(H,24,27)(H,25,28)(H2,22,23,29). The van der Waals surface area contributed by atoms with Gasteiger partial charge in [-0.25, -0.2) is 13.2 Å². The zero-order valence-corrected chi connectivity index (χ0v) is 18.3. The van der Waals surface area contributed by atoms with Crippen molar-refractivity contribution in [2.75, 3.05) is 18.4 Å². The fourth-order valence-electron chi connectivity index (χ4n) is 3.11. The molecule has 3 rings (SSSR count). The molecule has 1 aliphatic rings. The van der Waals surface area contributed by atoms with E-state index in [0.717, 1.165) is 12.8 Å². The van der Waals surface area contributed by atoms with Gasteiger partial charge in [-0.1, -0.05) is 18.2 Å². The molecule has 2 aromatic carbocycles. The first-order valence-corrected chi connectivity index (χ1v) is 11.5. The number of hydrogen-bond acceptors (Lipinski definition) is 5. The number of urea groups is 1. The molecule has 32 heavy (non-hydrogen) atoms. The third kappa shape index (κ3) is 5.83. The minimum atomic E-state index is -3.57. The van der Waals surface area contributed by atoms with E-state index in [1.165, 1.54) is 35.5 Å². The summed E-state index contributed by atoms with van der Waals surface area (Å²) in [4.78, 5) is 36.5. The van der Waals surface area contributed by atoms with Crippen LogP contribution in [0.15, 0.2) is 59.5 Å². The predicted octanol–water partition coefficient (Wildman–Crippen LogP) is 1.44. The number of hydrazine groups is 1. The highest BCUT2D eigenvalue weighted by atomic mass is 32.2. The van der Waals surface area contributed by atoms with Gasteiger partial charge in [0.1, 0.15) is 6.04 Å². The molecule has 0 spiro atoms. The van der Waals surface area contributed by atoms with Crippen LogP contribution in [0, 0.1) is 0 Å². The summed E-state index contributed by atoms with van der Waals surface area (Å²) in [6, 6.07) is 12.7. The number of carbonyl (C=O) groups excluding carboxylic acids is 3. The highest BCUT2D eigenvalue weighted by Gasteiger charge is 2.27. The van der Waals surface area contributed by atoms with Crippen molar-refractivity contribution in [3.8, 4) is 0 Å². The van der Waals surface area contributed by atoms with Gasteiger partial charge in [0, 0.05) is 24.3 Å². The third-order valence-corrected chi connectivity index (χ3v) is 6.80. The Morgan fingerprint density at radius 2 is 1.53 bits per heavy atom. The lowest BCUT2D eigenvalue weighted by atomic mass is 10.2. The Hall–Kier alpha value is -3.44. The van der Waals surface area contributed by atoms with Crippen LogP contribution in [0.2, 0.25) is 0 Å². The number of nitrogens with one attached hydrogen (secondary N) is 4. The van der Waals surface area contributed by atoms with Gasteiger partial charge in [0.05, 0.1) is 4.90 Å². The molecule has 1 atom stereocenters. The van der Waals surface area contributed by atoms with Crippen LogP contribution >= 0.6 is 0 Å². The molecule has 170 valence electrons. The monoisotopic (exact) mass is 459 g/mol. The van der Waals surface area contributed by atoms with Gasteiger partial charge in [0.25, 0.3) is 11.8 Å². The van der Waals surface area contributed by atoms with Crippen molar-refractivity contribution in [1.82, 2.24) is 20.5 Å². The van der Waals surface area contributed by atoms with Gasteiger partial charge < -0.3 is 10.6 Å². The summed E-state index contributed by atoms with van der Waals surface area (Å²) in [6.45, 7) is 2.45. The molecular weight excluding hydrogens is 434 g/mol. The number of sulfonamides is 1. The Morgan fingerprint density at radius 3 is 2.16 bits per heavy atom. The van der Waals surface area contributed by atoms with Gasteiger partial charge in [-0.2, -0.15) is 4.31 Å². The Morgan fingerprint density at radius 1 is 0.906 bits per heavy atom. The Labute approximate surface area is 186 Å². The second-order valence-electron chi connectivity index (χ2n) is 7.27. The maximum absolute atomic E-state index is 12.5. The van der Waals surface area contributed by atoms with Gasteiger partial charge in [-0.15, -0.1) is 0 Å². The van der Waals surface area contributed by atoms with Crippen LogP contribution in [0.5, 0.6) is 0 Å². The average Bonchev–Trinajstić information content (AvgIpc) is 3.34. The third-order valence-electron chi connectivity index (χ3n) is 4.89.